The van der Waals surface area contributed by atoms with E-state index < -0.39 is 12.1 Å². The highest BCUT2D eigenvalue weighted by Gasteiger charge is 2.04. The van der Waals surface area contributed by atoms with Crippen molar-refractivity contribution < 1.29 is 23.1 Å². The van der Waals surface area contributed by atoms with E-state index in [1.807, 2.05) is 11.5 Å². The number of carbonyl (C=O) groups excluding carboxylic acids is 2. The first-order valence-electron chi connectivity index (χ1n) is 8.29. The van der Waals surface area contributed by atoms with Gasteiger partial charge < -0.3 is 10.1 Å². The average Bonchev–Trinajstić information content (AvgIpc) is 2.72. The van der Waals surface area contributed by atoms with E-state index in [2.05, 4.69) is 10.6 Å². The smallest absolute Gasteiger partial charge is 0.410 e. The molecule has 0 radical (unpaired) electrons. The maximum Gasteiger partial charge on any atom is 0.417 e. The number of nitrogens with two attached hydrogens (primary N) is 1. The molecule has 9 heteroatoms. The Morgan fingerprint density at radius 2 is 1.21 bits per heavy atom. The van der Waals surface area contributed by atoms with Crippen molar-refractivity contribution in [1.82, 2.24) is 5.43 Å². The van der Waals surface area contributed by atoms with Crippen molar-refractivity contribution in [2.75, 3.05) is 10.6 Å². The standard InChI is InChI=1S/C13H10FNO2.C7H8FN3O/c14-10-6-8-11(9-7-10)15-13(16)17-12-4-2-1-3-5-12;8-5-1-3-6(4-2-5)10-7(12)11-9/h1-9H,(H,15,16);1-4H,9H2,(H2,10,11,12). The van der Waals surface area contributed by atoms with Gasteiger partial charge in [0.05, 0.1) is 0 Å². The van der Waals surface area contributed by atoms with E-state index in [9.17, 15) is 18.4 Å². The molecule has 0 unspecified atom stereocenters. The van der Waals surface area contributed by atoms with Crippen LogP contribution in [0.1, 0.15) is 0 Å². The van der Waals surface area contributed by atoms with E-state index in [-0.39, 0.29) is 11.6 Å². The van der Waals surface area contributed by atoms with Crippen molar-refractivity contribution in [1.29, 1.82) is 0 Å². The third-order valence-electron chi connectivity index (χ3n) is 3.28. The molecule has 3 rings (SSSR count). The van der Waals surface area contributed by atoms with Gasteiger partial charge in [-0.2, -0.15) is 0 Å². The topological polar surface area (TPSA) is 105 Å². The van der Waals surface area contributed by atoms with Crippen LogP contribution in [0.4, 0.5) is 29.7 Å². The molecule has 0 aliphatic carbocycles. The molecule has 150 valence electrons. The summed E-state index contributed by atoms with van der Waals surface area (Å²) < 4.78 is 30.0. The Morgan fingerprint density at radius 1 is 0.724 bits per heavy atom. The predicted octanol–water partition coefficient (Wildman–Crippen LogP) is 4.26. The second kappa shape index (κ2) is 11.0. The molecule has 0 atom stereocenters. The van der Waals surface area contributed by atoms with Crippen LogP contribution in [0.2, 0.25) is 0 Å². The molecular formula is C20H18F2N4O3. The summed E-state index contributed by atoms with van der Waals surface area (Å²) in [6.45, 7) is 0. The quantitative estimate of drug-likeness (QED) is 0.299. The molecule has 5 N–H and O–H groups in total. The van der Waals surface area contributed by atoms with Crippen LogP contribution in [-0.4, -0.2) is 12.1 Å². The number of anilines is 2. The number of hydrogen-bond donors (Lipinski definition) is 4. The maximum atomic E-state index is 12.6. The lowest BCUT2D eigenvalue weighted by atomic mass is 10.3. The van der Waals surface area contributed by atoms with E-state index in [1.54, 1.807) is 24.3 Å². The molecule has 29 heavy (non-hydrogen) atoms. The largest absolute Gasteiger partial charge is 0.417 e. The van der Waals surface area contributed by atoms with Crippen molar-refractivity contribution in [3.05, 3.63) is 90.5 Å². The number of carbonyl (C=O) groups is 2. The summed E-state index contributed by atoms with van der Waals surface area (Å²) in [5, 5.41) is 4.87. The lowest BCUT2D eigenvalue weighted by Gasteiger charge is -2.06. The van der Waals surface area contributed by atoms with Crippen LogP contribution in [0.5, 0.6) is 5.75 Å². The first-order valence-corrected chi connectivity index (χ1v) is 8.29. The van der Waals surface area contributed by atoms with Crippen LogP contribution in [0.25, 0.3) is 0 Å². The number of hydrogen-bond acceptors (Lipinski definition) is 4. The van der Waals surface area contributed by atoms with Gasteiger partial charge in [0.25, 0.3) is 0 Å². The van der Waals surface area contributed by atoms with Crippen LogP contribution >= 0.6 is 0 Å². The lowest BCUT2D eigenvalue weighted by Crippen LogP contribution is -2.34. The van der Waals surface area contributed by atoms with Gasteiger partial charge in [0.15, 0.2) is 0 Å². The van der Waals surface area contributed by atoms with Crippen LogP contribution in [-0.2, 0) is 0 Å². The fraction of sp³-hybridized carbons (Fsp3) is 0. The van der Waals surface area contributed by atoms with Crippen LogP contribution < -0.4 is 26.6 Å². The van der Waals surface area contributed by atoms with Gasteiger partial charge in [-0.1, -0.05) is 18.2 Å². The van der Waals surface area contributed by atoms with Crippen LogP contribution in [0, 0.1) is 11.6 Å². The predicted molar refractivity (Wildman–Crippen MR) is 105 cm³/mol. The molecule has 0 saturated carbocycles. The van der Waals surface area contributed by atoms with Gasteiger partial charge in [-0.25, -0.2) is 24.2 Å². The molecule has 0 aliphatic rings. The van der Waals surface area contributed by atoms with Gasteiger partial charge in [-0.15, -0.1) is 0 Å². The molecule has 3 aromatic rings. The SMILES string of the molecule is NNC(=O)Nc1ccc(F)cc1.O=C(Nc1ccc(F)cc1)Oc1ccccc1. The van der Waals surface area contributed by atoms with Crippen LogP contribution in [0.15, 0.2) is 78.9 Å². The van der Waals surface area contributed by atoms with E-state index in [0.29, 0.717) is 17.1 Å². The number of para-hydroxylation sites is 1. The van der Waals surface area contributed by atoms with E-state index in [0.717, 1.165) is 0 Å². The summed E-state index contributed by atoms with van der Waals surface area (Å²) >= 11 is 0. The second-order valence-corrected chi connectivity index (χ2v) is 5.44. The Morgan fingerprint density at radius 3 is 1.69 bits per heavy atom. The molecule has 3 amide bonds. The van der Waals surface area contributed by atoms with Crippen molar-refractivity contribution in [3.8, 4) is 5.75 Å². The van der Waals surface area contributed by atoms with Gasteiger partial charge in [0, 0.05) is 11.4 Å². The highest BCUT2D eigenvalue weighted by Crippen LogP contribution is 2.12. The monoisotopic (exact) mass is 400 g/mol. The number of nitrogens with one attached hydrogen (secondary N) is 3. The Balaban J connectivity index is 0.000000221. The summed E-state index contributed by atoms with van der Waals surface area (Å²) in [5.74, 6) is 4.56. The minimum Gasteiger partial charge on any atom is -0.410 e. The first-order chi connectivity index (χ1) is 14.0. The van der Waals surface area contributed by atoms with Gasteiger partial charge in [0.1, 0.15) is 17.4 Å². The van der Waals surface area contributed by atoms with E-state index in [1.165, 1.54) is 48.5 Å². The molecule has 3 aromatic carbocycles. The van der Waals surface area contributed by atoms with Gasteiger partial charge in [-0.3, -0.25) is 10.7 Å². The molecule has 0 fully saturated rings. The number of amides is 3. The molecule has 0 bridgehead atoms. The molecule has 0 spiro atoms. The maximum absolute atomic E-state index is 12.6. The fourth-order valence-corrected chi connectivity index (χ4v) is 1.97. The number of rotatable bonds is 3. The number of ether oxygens (including phenoxy) is 1. The fourth-order valence-electron chi connectivity index (χ4n) is 1.97. The summed E-state index contributed by atoms with van der Waals surface area (Å²) in [6, 6.07) is 19.0. The zero-order valence-electron chi connectivity index (χ0n) is 15.1. The van der Waals surface area contributed by atoms with Gasteiger partial charge in [-0.05, 0) is 60.7 Å². The van der Waals surface area contributed by atoms with Gasteiger partial charge >= 0.3 is 12.1 Å². The lowest BCUT2D eigenvalue weighted by molar-refractivity contribution is 0.215. The van der Waals surface area contributed by atoms with Crippen molar-refractivity contribution in [2.45, 2.75) is 0 Å². The number of hydrazine groups is 1. The minimum atomic E-state index is -0.609. The Kier molecular flexibility index (Phi) is 8.09. The molecule has 0 saturated heterocycles. The summed E-state index contributed by atoms with van der Waals surface area (Å²) in [5.41, 5.74) is 2.85. The average molecular weight is 400 g/mol. The summed E-state index contributed by atoms with van der Waals surface area (Å²) in [4.78, 5) is 22.1. The highest BCUT2D eigenvalue weighted by molar-refractivity contribution is 5.88. The number of halogens is 2. The summed E-state index contributed by atoms with van der Waals surface area (Å²) in [6.07, 6.45) is -0.609. The van der Waals surface area contributed by atoms with Crippen LogP contribution in [0.3, 0.4) is 0 Å². The number of benzene rings is 3. The molecule has 0 aliphatic heterocycles. The Labute approximate surface area is 165 Å². The van der Waals surface area contributed by atoms with E-state index >= 15 is 0 Å². The summed E-state index contributed by atoms with van der Waals surface area (Å²) in [7, 11) is 0. The Bertz CT molecular complexity index is 921. The normalized spacial score (nSPS) is 9.48. The zero-order valence-corrected chi connectivity index (χ0v) is 15.1. The van der Waals surface area contributed by atoms with Crippen molar-refractivity contribution >= 4 is 23.5 Å². The van der Waals surface area contributed by atoms with E-state index in [4.69, 9.17) is 10.6 Å². The third-order valence-corrected chi connectivity index (χ3v) is 3.28. The molecule has 0 aromatic heterocycles. The second-order valence-electron chi connectivity index (χ2n) is 5.44. The highest BCUT2D eigenvalue weighted by atomic mass is 19.1. The van der Waals surface area contributed by atoms with Crippen molar-refractivity contribution in [2.24, 2.45) is 5.84 Å². The minimum absolute atomic E-state index is 0.353. The molecule has 7 nitrogen and oxygen atoms in total. The third kappa shape index (κ3) is 8.06. The zero-order chi connectivity index (χ0) is 21.1. The van der Waals surface area contributed by atoms with Crippen molar-refractivity contribution in [3.63, 3.8) is 0 Å². The number of urea groups is 1. The Hall–Kier alpha value is -3.98. The first kappa shape index (κ1) is 21.3. The molecule has 0 heterocycles. The van der Waals surface area contributed by atoms with Gasteiger partial charge in [0.2, 0.25) is 0 Å². The molecular weight excluding hydrogens is 382 g/mol.